The number of carbonyl (C=O) groups excluding carboxylic acids is 1. The van der Waals surface area contributed by atoms with E-state index in [2.05, 4.69) is 40.3 Å². The van der Waals surface area contributed by atoms with E-state index >= 15 is 0 Å². The minimum atomic E-state index is 0.0363. The van der Waals surface area contributed by atoms with Crippen LogP contribution in [0, 0.1) is 6.92 Å². The van der Waals surface area contributed by atoms with Crippen molar-refractivity contribution in [3.8, 4) is 5.69 Å². The quantitative estimate of drug-likeness (QED) is 0.530. The molecular weight excluding hydrogens is 406 g/mol. The van der Waals surface area contributed by atoms with Crippen LogP contribution in [0.2, 0.25) is 5.02 Å². The van der Waals surface area contributed by atoms with Gasteiger partial charge in [0, 0.05) is 30.7 Å². The van der Waals surface area contributed by atoms with Crippen LogP contribution < -0.4 is 5.32 Å². The number of piperidine rings is 1. The molecule has 1 aliphatic heterocycles. The summed E-state index contributed by atoms with van der Waals surface area (Å²) in [4.78, 5) is 14.8. The molecule has 1 saturated heterocycles. The molecule has 0 aliphatic carbocycles. The number of benzene rings is 1. The smallest absolute Gasteiger partial charge is 0.230 e. The zero-order chi connectivity index (χ0) is 20.8. The Hall–Kier alpha value is -1.83. The van der Waals surface area contributed by atoms with Gasteiger partial charge in [0.25, 0.3) is 0 Å². The maximum absolute atomic E-state index is 12.4. The monoisotopic (exact) mass is 433 g/mol. The molecule has 1 aromatic heterocycles. The molecule has 0 atom stereocenters. The van der Waals surface area contributed by atoms with Crippen molar-refractivity contribution in [3.63, 3.8) is 0 Å². The van der Waals surface area contributed by atoms with Crippen molar-refractivity contribution in [1.29, 1.82) is 0 Å². The fourth-order valence-electron chi connectivity index (χ4n) is 3.20. The summed E-state index contributed by atoms with van der Waals surface area (Å²) in [5.41, 5.74) is 3.25. The summed E-state index contributed by atoms with van der Waals surface area (Å²) in [6.45, 7) is 9.24. The van der Waals surface area contributed by atoms with Crippen LogP contribution in [0.4, 0.5) is 0 Å². The van der Waals surface area contributed by atoms with Crippen molar-refractivity contribution in [2.45, 2.75) is 44.8 Å². The predicted molar refractivity (Wildman–Crippen MR) is 119 cm³/mol. The number of aromatic nitrogens is 3. The minimum absolute atomic E-state index is 0.0363. The Balaban J connectivity index is 1.48. The number of allylic oxidation sites excluding steroid dienone is 1. The van der Waals surface area contributed by atoms with Crippen molar-refractivity contribution in [2.24, 2.45) is 0 Å². The molecule has 0 radical (unpaired) electrons. The second kappa shape index (κ2) is 10.3. The van der Waals surface area contributed by atoms with Crippen LogP contribution in [0.25, 0.3) is 5.69 Å². The van der Waals surface area contributed by atoms with E-state index in [4.69, 9.17) is 11.6 Å². The van der Waals surface area contributed by atoms with Crippen molar-refractivity contribution >= 4 is 29.3 Å². The summed E-state index contributed by atoms with van der Waals surface area (Å²) in [5.74, 6) is 0.352. The first-order chi connectivity index (χ1) is 13.9. The summed E-state index contributed by atoms with van der Waals surface area (Å²) in [7, 11) is 0. The van der Waals surface area contributed by atoms with Gasteiger partial charge in [0.05, 0.1) is 11.4 Å². The van der Waals surface area contributed by atoms with Crippen molar-refractivity contribution in [2.75, 3.05) is 25.4 Å². The van der Waals surface area contributed by atoms with Gasteiger partial charge in [-0.25, -0.2) is 0 Å². The van der Waals surface area contributed by atoms with E-state index in [9.17, 15) is 4.79 Å². The summed E-state index contributed by atoms with van der Waals surface area (Å²) in [6.07, 6.45) is 5.88. The lowest BCUT2D eigenvalue weighted by Crippen LogP contribution is -2.45. The van der Waals surface area contributed by atoms with Crippen LogP contribution in [-0.2, 0) is 4.79 Å². The summed E-state index contributed by atoms with van der Waals surface area (Å²) < 4.78 is 1.85. The SMILES string of the molecule is CC(C)=CCN1CCC(NC(=O)CSc2nncn2-c2ccc(C)c(Cl)c2)CC1. The molecule has 1 aliphatic rings. The number of nitrogens with zero attached hydrogens (tertiary/aromatic N) is 4. The van der Waals surface area contributed by atoms with Crippen LogP contribution in [0.5, 0.6) is 0 Å². The van der Waals surface area contributed by atoms with Gasteiger partial charge >= 0.3 is 0 Å². The Bertz CT molecular complexity index is 870. The third-order valence-electron chi connectivity index (χ3n) is 4.99. The first kappa shape index (κ1) is 21.9. The molecule has 2 aromatic rings. The highest BCUT2D eigenvalue weighted by atomic mass is 35.5. The first-order valence-electron chi connectivity index (χ1n) is 9.87. The zero-order valence-electron chi connectivity index (χ0n) is 17.2. The highest BCUT2D eigenvalue weighted by Gasteiger charge is 2.20. The molecular formula is C21H28ClN5OS. The normalized spacial score (nSPS) is 15.3. The molecule has 1 amide bonds. The van der Waals surface area contributed by atoms with Crippen LogP contribution in [0.15, 0.2) is 41.3 Å². The highest BCUT2D eigenvalue weighted by molar-refractivity contribution is 7.99. The largest absolute Gasteiger partial charge is 0.353 e. The van der Waals surface area contributed by atoms with Crippen molar-refractivity contribution < 1.29 is 4.79 Å². The van der Waals surface area contributed by atoms with Gasteiger partial charge in [0.2, 0.25) is 5.91 Å². The summed E-state index contributed by atoms with van der Waals surface area (Å²) in [5, 5.41) is 12.7. The molecule has 0 unspecified atom stereocenters. The third-order valence-corrected chi connectivity index (χ3v) is 6.34. The first-order valence-corrected chi connectivity index (χ1v) is 11.2. The number of rotatable bonds is 7. The van der Waals surface area contributed by atoms with Gasteiger partial charge in [-0.1, -0.05) is 41.1 Å². The Morgan fingerprint density at radius 1 is 1.34 bits per heavy atom. The van der Waals surface area contributed by atoms with E-state index in [0.29, 0.717) is 15.9 Å². The van der Waals surface area contributed by atoms with Gasteiger partial charge in [-0.2, -0.15) is 0 Å². The molecule has 2 heterocycles. The number of nitrogens with one attached hydrogen (secondary N) is 1. The van der Waals surface area contributed by atoms with Crippen LogP contribution in [-0.4, -0.2) is 57.0 Å². The Labute approximate surface area is 181 Å². The van der Waals surface area contributed by atoms with Crippen molar-refractivity contribution in [1.82, 2.24) is 25.0 Å². The lowest BCUT2D eigenvalue weighted by molar-refractivity contribution is -0.119. The molecule has 3 rings (SSSR count). The van der Waals surface area contributed by atoms with Gasteiger partial charge in [-0.15, -0.1) is 10.2 Å². The molecule has 1 aromatic carbocycles. The Morgan fingerprint density at radius 2 is 2.10 bits per heavy atom. The van der Waals surface area contributed by atoms with E-state index < -0.39 is 0 Å². The lowest BCUT2D eigenvalue weighted by Gasteiger charge is -2.31. The average molecular weight is 434 g/mol. The van der Waals surface area contributed by atoms with E-state index in [-0.39, 0.29) is 11.9 Å². The molecule has 0 spiro atoms. The number of halogens is 1. The number of amides is 1. The van der Waals surface area contributed by atoms with Crippen LogP contribution in [0.1, 0.15) is 32.3 Å². The maximum atomic E-state index is 12.4. The van der Waals surface area contributed by atoms with Gasteiger partial charge in [-0.3, -0.25) is 14.3 Å². The topological polar surface area (TPSA) is 63.1 Å². The molecule has 8 heteroatoms. The van der Waals surface area contributed by atoms with E-state index in [1.807, 2.05) is 29.7 Å². The molecule has 29 heavy (non-hydrogen) atoms. The second-order valence-corrected chi connectivity index (χ2v) is 8.98. The number of carbonyl (C=O) groups is 1. The fraction of sp³-hybridized carbons (Fsp3) is 0.476. The number of hydrogen-bond acceptors (Lipinski definition) is 5. The Morgan fingerprint density at radius 3 is 2.79 bits per heavy atom. The number of aryl methyl sites for hydroxylation is 1. The number of likely N-dealkylation sites (tertiary alicyclic amines) is 1. The number of hydrogen-bond donors (Lipinski definition) is 1. The summed E-state index contributed by atoms with van der Waals surface area (Å²) >= 11 is 7.62. The Kier molecular flexibility index (Phi) is 7.75. The van der Waals surface area contributed by atoms with Gasteiger partial charge in [0.1, 0.15) is 6.33 Å². The molecule has 0 bridgehead atoms. The van der Waals surface area contributed by atoms with E-state index in [1.165, 1.54) is 17.3 Å². The average Bonchev–Trinajstić information content (AvgIpc) is 3.16. The third kappa shape index (κ3) is 6.32. The zero-order valence-corrected chi connectivity index (χ0v) is 18.8. The van der Waals surface area contributed by atoms with Crippen molar-refractivity contribution in [3.05, 3.63) is 46.8 Å². The summed E-state index contributed by atoms with van der Waals surface area (Å²) in [6, 6.07) is 6.06. The molecule has 6 nitrogen and oxygen atoms in total. The standard InChI is InChI=1S/C21H28ClN5OS/c1-15(2)6-9-26-10-7-17(8-11-26)24-20(28)13-29-21-25-23-14-27(21)18-5-4-16(3)19(22)12-18/h4-6,12,14,17H,7-11,13H2,1-3H3,(H,24,28). The van der Waals surface area contributed by atoms with Gasteiger partial charge in [0.15, 0.2) is 5.16 Å². The second-order valence-electron chi connectivity index (χ2n) is 7.63. The maximum Gasteiger partial charge on any atom is 0.230 e. The number of thioether (sulfide) groups is 1. The minimum Gasteiger partial charge on any atom is -0.353 e. The van der Waals surface area contributed by atoms with Crippen LogP contribution in [0.3, 0.4) is 0 Å². The molecule has 0 saturated carbocycles. The predicted octanol–water partition coefficient (Wildman–Crippen LogP) is 3.87. The van der Waals surface area contributed by atoms with E-state index in [1.54, 1.807) is 6.33 Å². The fourth-order valence-corrected chi connectivity index (χ4v) is 4.12. The van der Waals surface area contributed by atoms with Gasteiger partial charge < -0.3 is 5.32 Å². The lowest BCUT2D eigenvalue weighted by atomic mass is 10.0. The molecule has 156 valence electrons. The molecule has 1 N–H and O–H groups in total. The molecule has 1 fully saturated rings. The van der Waals surface area contributed by atoms with Crippen LogP contribution >= 0.6 is 23.4 Å². The highest BCUT2D eigenvalue weighted by Crippen LogP contribution is 2.23. The van der Waals surface area contributed by atoms with Gasteiger partial charge in [-0.05, 0) is 51.3 Å². The van der Waals surface area contributed by atoms with E-state index in [0.717, 1.165) is 43.7 Å².